The van der Waals surface area contributed by atoms with Gasteiger partial charge in [0.1, 0.15) is 0 Å². The van der Waals surface area contributed by atoms with E-state index in [1.165, 1.54) is 11.1 Å². The number of methoxy groups -OCH3 is 1. The molecule has 2 unspecified atom stereocenters. The van der Waals surface area contributed by atoms with E-state index in [1.54, 1.807) is 7.11 Å². The van der Waals surface area contributed by atoms with Crippen molar-refractivity contribution in [3.8, 4) is 23.0 Å². The molecule has 5 rings (SSSR count). The molecule has 0 spiro atoms. The lowest BCUT2D eigenvalue weighted by Gasteiger charge is -2.30. The van der Waals surface area contributed by atoms with E-state index in [-0.39, 0.29) is 6.04 Å². The van der Waals surface area contributed by atoms with E-state index >= 15 is 0 Å². The fourth-order valence-electron chi connectivity index (χ4n) is 4.45. The lowest BCUT2D eigenvalue weighted by Crippen LogP contribution is -2.35. The predicted molar refractivity (Wildman–Crippen MR) is 108 cm³/mol. The van der Waals surface area contributed by atoms with Gasteiger partial charge >= 0.3 is 0 Å². The molecule has 3 aliphatic rings. The minimum atomic E-state index is 0.232. The molecule has 29 heavy (non-hydrogen) atoms. The van der Waals surface area contributed by atoms with Gasteiger partial charge in [-0.25, -0.2) is 5.43 Å². The standard InChI is InChI=1S/C22H27N3O4/c1-26-19-5-2-4-16-12-25(8-3-9-27-22(16)19)13-17-11-23-24-21(17)15-6-7-18-20(10-15)29-14-28-18/h2,4-7,10,17,21,23-24H,3,8-9,11-14H2,1H3. The Hall–Kier alpha value is -2.48. The van der Waals surface area contributed by atoms with E-state index in [1.807, 2.05) is 18.2 Å². The molecule has 2 atom stereocenters. The minimum absolute atomic E-state index is 0.232. The third-order valence-corrected chi connectivity index (χ3v) is 5.88. The lowest BCUT2D eigenvalue weighted by atomic mass is 9.93. The van der Waals surface area contributed by atoms with E-state index in [2.05, 4.69) is 34.0 Å². The van der Waals surface area contributed by atoms with E-state index < -0.39 is 0 Å². The van der Waals surface area contributed by atoms with Gasteiger partial charge in [0.25, 0.3) is 0 Å². The first kappa shape index (κ1) is 18.5. The van der Waals surface area contributed by atoms with Crippen molar-refractivity contribution >= 4 is 0 Å². The van der Waals surface area contributed by atoms with Crippen LogP contribution in [0.5, 0.6) is 23.0 Å². The van der Waals surface area contributed by atoms with Crippen LogP contribution in [0.3, 0.4) is 0 Å². The third-order valence-electron chi connectivity index (χ3n) is 5.88. The van der Waals surface area contributed by atoms with Gasteiger partial charge in [-0.15, -0.1) is 0 Å². The summed E-state index contributed by atoms with van der Waals surface area (Å²) in [6.45, 7) is 4.80. The van der Waals surface area contributed by atoms with E-state index in [0.717, 1.165) is 55.6 Å². The first-order valence-corrected chi connectivity index (χ1v) is 10.2. The molecule has 2 N–H and O–H groups in total. The van der Waals surface area contributed by atoms with Gasteiger partial charge in [0.15, 0.2) is 23.0 Å². The average molecular weight is 397 g/mol. The molecule has 0 saturated carbocycles. The number of hydrazine groups is 1. The van der Waals surface area contributed by atoms with Gasteiger partial charge in [0, 0.05) is 37.7 Å². The summed E-state index contributed by atoms with van der Waals surface area (Å²) in [6.07, 6.45) is 1.000. The highest BCUT2D eigenvalue weighted by Gasteiger charge is 2.31. The van der Waals surface area contributed by atoms with Crippen LogP contribution < -0.4 is 29.8 Å². The zero-order valence-corrected chi connectivity index (χ0v) is 16.6. The molecule has 0 radical (unpaired) electrons. The summed E-state index contributed by atoms with van der Waals surface area (Å²) in [7, 11) is 1.70. The number of rotatable bonds is 4. The van der Waals surface area contributed by atoms with Crippen LogP contribution in [0, 0.1) is 5.92 Å². The van der Waals surface area contributed by atoms with Crippen molar-refractivity contribution in [3.05, 3.63) is 47.5 Å². The first-order chi connectivity index (χ1) is 14.3. The fraction of sp³-hybridized carbons (Fsp3) is 0.455. The first-order valence-electron chi connectivity index (χ1n) is 10.2. The summed E-state index contributed by atoms with van der Waals surface area (Å²) >= 11 is 0. The Morgan fingerprint density at radius 2 is 2.07 bits per heavy atom. The molecule has 0 aliphatic carbocycles. The van der Waals surface area contributed by atoms with Crippen molar-refractivity contribution in [1.82, 2.24) is 15.8 Å². The molecule has 0 bridgehead atoms. The van der Waals surface area contributed by atoms with Gasteiger partial charge in [-0.3, -0.25) is 10.3 Å². The van der Waals surface area contributed by atoms with E-state index in [9.17, 15) is 0 Å². The van der Waals surface area contributed by atoms with Crippen molar-refractivity contribution in [3.63, 3.8) is 0 Å². The summed E-state index contributed by atoms with van der Waals surface area (Å²) < 4.78 is 22.5. The molecule has 2 aromatic carbocycles. The second-order valence-electron chi connectivity index (χ2n) is 7.76. The van der Waals surface area contributed by atoms with Crippen LogP contribution in [0.4, 0.5) is 0 Å². The minimum Gasteiger partial charge on any atom is -0.493 e. The molecule has 0 aromatic heterocycles. The molecular formula is C22H27N3O4. The molecule has 7 heteroatoms. The van der Waals surface area contributed by atoms with Crippen LogP contribution in [-0.2, 0) is 6.54 Å². The van der Waals surface area contributed by atoms with Crippen LogP contribution in [0.1, 0.15) is 23.6 Å². The van der Waals surface area contributed by atoms with Crippen LogP contribution in [0.15, 0.2) is 36.4 Å². The summed E-state index contributed by atoms with van der Waals surface area (Å²) in [5.74, 6) is 3.80. The zero-order valence-electron chi connectivity index (χ0n) is 16.6. The smallest absolute Gasteiger partial charge is 0.231 e. The number of nitrogens with one attached hydrogen (secondary N) is 2. The largest absolute Gasteiger partial charge is 0.493 e. The second kappa shape index (κ2) is 8.10. The van der Waals surface area contributed by atoms with Gasteiger partial charge in [0.2, 0.25) is 6.79 Å². The quantitative estimate of drug-likeness (QED) is 0.822. The Kier molecular flexibility index (Phi) is 5.18. The Morgan fingerprint density at radius 1 is 1.14 bits per heavy atom. The maximum atomic E-state index is 6.00. The lowest BCUT2D eigenvalue weighted by molar-refractivity contribution is 0.173. The molecule has 0 amide bonds. The Balaban J connectivity index is 1.33. The third kappa shape index (κ3) is 3.73. The van der Waals surface area contributed by atoms with Gasteiger partial charge in [-0.05, 0) is 30.2 Å². The SMILES string of the molecule is COc1cccc2c1OCCCN(CC1CNNC1c1ccc3c(c1)OCO3)C2. The molecule has 2 aromatic rings. The number of para-hydroxylation sites is 1. The second-order valence-corrected chi connectivity index (χ2v) is 7.76. The van der Waals surface area contributed by atoms with Crippen LogP contribution in [-0.4, -0.2) is 45.0 Å². The van der Waals surface area contributed by atoms with Gasteiger partial charge in [0.05, 0.1) is 19.8 Å². The molecule has 3 heterocycles. The molecule has 3 aliphatic heterocycles. The Morgan fingerprint density at radius 3 is 3.00 bits per heavy atom. The summed E-state index contributed by atoms with van der Waals surface area (Å²) in [5, 5.41) is 0. The molecule has 1 fully saturated rings. The number of hydrogen-bond acceptors (Lipinski definition) is 7. The monoisotopic (exact) mass is 397 g/mol. The number of hydrogen-bond donors (Lipinski definition) is 2. The van der Waals surface area contributed by atoms with E-state index in [4.69, 9.17) is 18.9 Å². The van der Waals surface area contributed by atoms with Gasteiger partial charge in [-0.2, -0.15) is 0 Å². The van der Waals surface area contributed by atoms with Gasteiger partial charge < -0.3 is 18.9 Å². The van der Waals surface area contributed by atoms with Gasteiger partial charge in [-0.1, -0.05) is 18.2 Å². The topological polar surface area (TPSA) is 64.2 Å². The molecule has 154 valence electrons. The van der Waals surface area contributed by atoms with Crippen LogP contribution in [0.2, 0.25) is 0 Å². The normalized spacial score (nSPS) is 23.8. The predicted octanol–water partition coefficient (Wildman–Crippen LogP) is 2.47. The van der Waals surface area contributed by atoms with Crippen molar-refractivity contribution in [1.29, 1.82) is 0 Å². The summed E-state index contributed by atoms with van der Waals surface area (Å²) in [6, 6.07) is 12.6. The highest BCUT2D eigenvalue weighted by atomic mass is 16.7. The molecule has 1 saturated heterocycles. The van der Waals surface area contributed by atoms with Crippen LogP contribution in [0.25, 0.3) is 0 Å². The summed E-state index contributed by atoms with van der Waals surface area (Å²) in [5.41, 5.74) is 9.21. The summed E-state index contributed by atoms with van der Waals surface area (Å²) in [4.78, 5) is 2.53. The fourth-order valence-corrected chi connectivity index (χ4v) is 4.45. The number of benzene rings is 2. The van der Waals surface area contributed by atoms with Crippen molar-refractivity contribution in [2.24, 2.45) is 5.92 Å². The Labute approximate surface area is 170 Å². The highest BCUT2D eigenvalue weighted by Crippen LogP contribution is 2.37. The maximum Gasteiger partial charge on any atom is 0.231 e. The van der Waals surface area contributed by atoms with Crippen molar-refractivity contribution in [2.45, 2.75) is 19.0 Å². The molecular weight excluding hydrogens is 370 g/mol. The van der Waals surface area contributed by atoms with Crippen LogP contribution >= 0.6 is 0 Å². The number of fused-ring (bicyclic) bond motifs is 2. The average Bonchev–Trinajstić information content (AvgIpc) is 3.38. The zero-order chi connectivity index (χ0) is 19.6. The maximum absolute atomic E-state index is 6.00. The van der Waals surface area contributed by atoms with Crippen molar-refractivity contribution in [2.75, 3.05) is 40.1 Å². The van der Waals surface area contributed by atoms with E-state index in [0.29, 0.717) is 19.3 Å². The highest BCUT2D eigenvalue weighted by molar-refractivity contribution is 5.47. The number of nitrogens with zero attached hydrogens (tertiary/aromatic N) is 1. The Bertz CT molecular complexity index is 875. The van der Waals surface area contributed by atoms with Crippen molar-refractivity contribution < 1.29 is 18.9 Å². The number of ether oxygens (including phenoxy) is 4. The molecule has 7 nitrogen and oxygen atoms in total.